The van der Waals surface area contributed by atoms with Crippen molar-refractivity contribution in [1.29, 1.82) is 0 Å². The van der Waals surface area contributed by atoms with E-state index in [1.807, 2.05) is 0 Å². The second kappa shape index (κ2) is 1.93. The smallest absolute Gasteiger partial charge is 0.421 e. The first-order valence-corrected chi connectivity index (χ1v) is 1.01. The van der Waals surface area contributed by atoms with Crippen molar-refractivity contribution in [3.05, 3.63) is 0 Å². The molecule has 0 fully saturated rings. The summed E-state index contributed by atoms with van der Waals surface area (Å²) in [6.07, 6.45) is 0.889. The van der Waals surface area contributed by atoms with Crippen molar-refractivity contribution in [2.75, 3.05) is 0 Å². The summed E-state index contributed by atoms with van der Waals surface area (Å²) in [4.78, 5) is 8.88. The molecule has 0 spiro atoms. The van der Waals surface area contributed by atoms with Gasteiger partial charge in [-0.05, 0) is 0 Å². The van der Waals surface area contributed by atoms with Gasteiger partial charge in [-0.25, -0.2) is 0 Å². The fourth-order valence-electron chi connectivity index (χ4n) is 0. The van der Waals surface area contributed by atoms with E-state index in [1.165, 1.54) is 0 Å². The van der Waals surface area contributed by atoms with Crippen molar-refractivity contribution in [3.63, 3.8) is 0 Å². The number of hydrogen-bond donors (Lipinski definition) is 2. The van der Waals surface area contributed by atoms with Crippen molar-refractivity contribution in [1.82, 2.24) is 0 Å². The Kier molecular flexibility index (Phi) is 1.80. The third kappa shape index (κ3) is 3.65. The Bertz CT molecular complexity index is 33.9. The van der Waals surface area contributed by atoms with Gasteiger partial charge in [0.25, 0.3) is 0 Å². The zero-order valence-electron chi connectivity index (χ0n) is 2.38. The minimum absolute atomic E-state index is 0.889. The van der Waals surface area contributed by atoms with Crippen LogP contribution in [0.5, 0.6) is 0 Å². The van der Waals surface area contributed by atoms with Crippen LogP contribution >= 0.6 is 0 Å². The summed E-state index contributed by atoms with van der Waals surface area (Å²) in [6.45, 7) is 0. The Balaban J connectivity index is 2.83. The van der Waals surface area contributed by atoms with E-state index in [9.17, 15) is 0 Å². The average molecular weight is 72.8 g/mol. The van der Waals surface area contributed by atoms with E-state index >= 15 is 0 Å². The molecular weight excluding hydrogens is 70.8 g/mol. The van der Waals surface area contributed by atoms with Crippen LogP contribution in [0.25, 0.3) is 0 Å². The van der Waals surface area contributed by atoms with E-state index in [1.54, 1.807) is 0 Å². The number of carbonyl (C=O) groups excluding carboxylic acids is 1. The second-order valence-corrected chi connectivity index (χ2v) is 0.492. The van der Waals surface area contributed by atoms with Gasteiger partial charge < -0.3 is 10.0 Å². The third-order valence-corrected chi connectivity index (χ3v) is 0.105. The van der Waals surface area contributed by atoms with E-state index in [2.05, 4.69) is 0 Å². The van der Waals surface area contributed by atoms with Gasteiger partial charge in [0.05, 0.1) is 0 Å². The SMILES string of the molecule is O=[C]B(O)O. The highest BCUT2D eigenvalue weighted by atomic mass is 16.4. The molecule has 27 valence electrons. The minimum Gasteiger partial charge on any atom is -0.421 e. The van der Waals surface area contributed by atoms with E-state index in [0.29, 0.717) is 0 Å². The summed E-state index contributed by atoms with van der Waals surface area (Å²) in [5.41, 5.74) is 0. The average Bonchev–Trinajstić information content (AvgIpc) is 1.38. The summed E-state index contributed by atoms with van der Waals surface area (Å²) >= 11 is 0. The third-order valence-electron chi connectivity index (χ3n) is 0.105. The lowest BCUT2D eigenvalue weighted by molar-refractivity contribution is 0.421. The van der Waals surface area contributed by atoms with Crippen LogP contribution < -0.4 is 0 Å². The topological polar surface area (TPSA) is 57.5 Å². The van der Waals surface area contributed by atoms with Gasteiger partial charge in [-0.15, -0.1) is 0 Å². The lowest BCUT2D eigenvalue weighted by atomic mass is 9.97. The molecule has 0 heterocycles. The predicted molar refractivity (Wildman–Crippen MR) is 15.9 cm³/mol. The predicted octanol–water partition coefficient (Wildman–Crippen LogP) is -1.89. The Morgan fingerprint density at radius 1 is 1.60 bits per heavy atom. The maximum absolute atomic E-state index is 8.88. The first kappa shape index (κ1) is 4.65. The van der Waals surface area contributed by atoms with Gasteiger partial charge in [-0.3, -0.25) is 4.79 Å². The summed E-state index contributed by atoms with van der Waals surface area (Å²) in [6, 6.07) is 0. The molecule has 0 rings (SSSR count). The molecule has 0 saturated carbocycles. The molecule has 0 saturated heterocycles. The van der Waals surface area contributed by atoms with Crippen LogP contribution in [-0.4, -0.2) is 23.4 Å². The van der Waals surface area contributed by atoms with Crippen molar-refractivity contribution >= 4 is 13.3 Å². The molecule has 0 amide bonds. The molecule has 3 nitrogen and oxygen atoms in total. The molecule has 0 aliphatic heterocycles. The van der Waals surface area contributed by atoms with Crippen molar-refractivity contribution < 1.29 is 14.8 Å². The molecule has 0 unspecified atom stereocenters. The maximum Gasteiger partial charge on any atom is 0.535 e. The van der Waals surface area contributed by atoms with Gasteiger partial charge in [0, 0.05) is 0 Å². The Hall–Kier alpha value is -0.345. The van der Waals surface area contributed by atoms with Crippen LogP contribution in [0.15, 0.2) is 0 Å². The first-order valence-electron chi connectivity index (χ1n) is 1.01. The molecule has 0 atom stereocenters. The van der Waals surface area contributed by atoms with Gasteiger partial charge in [0.1, 0.15) is 0 Å². The van der Waals surface area contributed by atoms with Gasteiger partial charge in [-0.1, -0.05) is 0 Å². The minimum atomic E-state index is -1.92. The highest BCUT2D eigenvalue weighted by Crippen LogP contribution is 1.46. The Morgan fingerprint density at radius 3 is 1.80 bits per heavy atom. The van der Waals surface area contributed by atoms with Crippen LogP contribution in [0.4, 0.5) is 0 Å². The van der Waals surface area contributed by atoms with Gasteiger partial charge in [0.15, 0.2) is 0 Å². The van der Waals surface area contributed by atoms with Crippen LogP contribution in [0.1, 0.15) is 0 Å². The van der Waals surface area contributed by atoms with Crippen molar-refractivity contribution in [2.24, 2.45) is 0 Å². The monoisotopic (exact) mass is 73.0 g/mol. The van der Waals surface area contributed by atoms with E-state index < -0.39 is 7.12 Å². The largest absolute Gasteiger partial charge is 0.535 e. The molecule has 0 aromatic rings. The van der Waals surface area contributed by atoms with Crippen LogP contribution in [0, 0.1) is 0 Å². The van der Waals surface area contributed by atoms with Gasteiger partial charge in [0.2, 0.25) is 6.19 Å². The highest BCUT2D eigenvalue weighted by Gasteiger charge is 2.00. The lowest BCUT2D eigenvalue weighted by Crippen LogP contribution is -2.11. The summed E-state index contributed by atoms with van der Waals surface area (Å²) in [5.74, 6) is 0. The second-order valence-electron chi connectivity index (χ2n) is 0.492. The molecular formula is CH2BO3. The summed E-state index contributed by atoms with van der Waals surface area (Å²) in [7, 11) is -1.92. The number of hydrogen-bond acceptors (Lipinski definition) is 3. The highest BCUT2D eigenvalue weighted by molar-refractivity contribution is 6.71. The molecule has 0 aliphatic carbocycles. The number of rotatable bonds is 1. The molecule has 0 bridgehead atoms. The van der Waals surface area contributed by atoms with Crippen LogP contribution in [-0.2, 0) is 4.79 Å². The molecule has 2 N–H and O–H groups in total. The standard InChI is InChI=1S/CH2BO3/c3-1-2(4)5/h4-5H. The Labute approximate surface area is 29.4 Å². The Morgan fingerprint density at radius 2 is 1.80 bits per heavy atom. The van der Waals surface area contributed by atoms with Crippen molar-refractivity contribution in [2.45, 2.75) is 0 Å². The van der Waals surface area contributed by atoms with Crippen LogP contribution in [0.2, 0.25) is 0 Å². The summed E-state index contributed by atoms with van der Waals surface area (Å²) in [5, 5.41) is 15.0. The molecule has 1 radical (unpaired) electrons. The van der Waals surface area contributed by atoms with E-state index in [4.69, 9.17) is 14.8 Å². The fourth-order valence-corrected chi connectivity index (χ4v) is 0. The fraction of sp³-hybridized carbons (Fsp3) is 0. The van der Waals surface area contributed by atoms with Crippen molar-refractivity contribution in [3.8, 4) is 0 Å². The molecule has 0 aromatic heterocycles. The molecule has 0 aromatic carbocycles. The van der Waals surface area contributed by atoms with Gasteiger partial charge >= 0.3 is 7.12 Å². The molecule has 4 heteroatoms. The van der Waals surface area contributed by atoms with Gasteiger partial charge in [-0.2, -0.15) is 0 Å². The molecule has 0 aliphatic rings. The lowest BCUT2D eigenvalue weighted by Gasteiger charge is -1.69. The zero-order valence-corrected chi connectivity index (χ0v) is 2.38. The van der Waals surface area contributed by atoms with E-state index in [-0.39, 0.29) is 0 Å². The summed E-state index contributed by atoms with van der Waals surface area (Å²) < 4.78 is 0. The van der Waals surface area contributed by atoms with E-state index in [0.717, 1.165) is 6.19 Å². The normalized spacial score (nSPS) is 6.80. The maximum atomic E-state index is 8.88. The quantitative estimate of drug-likeness (QED) is 0.356. The zero-order chi connectivity index (χ0) is 4.28. The molecule has 5 heavy (non-hydrogen) atoms. The van der Waals surface area contributed by atoms with Crippen LogP contribution in [0.3, 0.4) is 0 Å². The first-order chi connectivity index (χ1) is 2.27.